The summed E-state index contributed by atoms with van der Waals surface area (Å²) in [7, 11) is 0. The molecule has 0 aromatic heterocycles. The first-order chi connectivity index (χ1) is 10.2. The van der Waals surface area contributed by atoms with Gasteiger partial charge in [-0.25, -0.2) is 9.59 Å². The van der Waals surface area contributed by atoms with Gasteiger partial charge >= 0.3 is 17.9 Å². The predicted molar refractivity (Wildman–Crippen MR) is 80.1 cm³/mol. The number of esters is 3. The molecule has 0 fully saturated rings. The van der Waals surface area contributed by atoms with Gasteiger partial charge in [0.25, 0.3) is 0 Å². The fraction of sp³-hybridized carbons (Fsp3) is 0.800. The van der Waals surface area contributed by atoms with E-state index in [0.29, 0.717) is 19.6 Å². The van der Waals surface area contributed by atoms with E-state index in [1.54, 1.807) is 34.6 Å². The van der Waals surface area contributed by atoms with Gasteiger partial charge < -0.3 is 14.2 Å². The van der Waals surface area contributed by atoms with Crippen molar-refractivity contribution in [1.29, 1.82) is 0 Å². The molecule has 0 aliphatic carbocycles. The van der Waals surface area contributed by atoms with Crippen molar-refractivity contribution in [2.45, 2.75) is 59.1 Å². The fourth-order valence-electron chi connectivity index (χ4n) is 1.56. The molecule has 0 saturated heterocycles. The van der Waals surface area contributed by atoms with Crippen LogP contribution < -0.4 is 5.32 Å². The minimum Gasteiger partial charge on any atom is -0.466 e. The molecule has 22 heavy (non-hydrogen) atoms. The first kappa shape index (κ1) is 20.4. The van der Waals surface area contributed by atoms with Crippen LogP contribution in [0.1, 0.15) is 47.5 Å². The van der Waals surface area contributed by atoms with Gasteiger partial charge in [0, 0.05) is 6.42 Å². The van der Waals surface area contributed by atoms with Gasteiger partial charge in [-0.15, -0.1) is 0 Å². The summed E-state index contributed by atoms with van der Waals surface area (Å²) in [5, 5.41) is 2.77. The molecule has 0 amide bonds. The number of carbonyl (C=O) groups excluding carboxylic acids is 3. The average Bonchev–Trinajstić information content (AvgIpc) is 2.36. The van der Waals surface area contributed by atoms with Crippen molar-refractivity contribution < 1.29 is 28.6 Å². The van der Waals surface area contributed by atoms with Crippen molar-refractivity contribution in [1.82, 2.24) is 5.32 Å². The van der Waals surface area contributed by atoms with E-state index >= 15 is 0 Å². The molecule has 0 aliphatic rings. The van der Waals surface area contributed by atoms with Gasteiger partial charge in [-0.3, -0.25) is 10.1 Å². The lowest BCUT2D eigenvalue weighted by atomic mass is 10.2. The zero-order valence-electron chi connectivity index (χ0n) is 14.1. The van der Waals surface area contributed by atoms with Crippen LogP contribution in [0.25, 0.3) is 0 Å². The molecule has 1 unspecified atom stereocenters. The van der Waals surface area contributed by atoms with Crippen LogP contribution in [0.2, 0.25) is 0 Å². The second-order valence-corrected chi connectivity index (χ2v) is 5.58. The molecule has 0 aliphatic heterocycles. The van der Waals surface area contributed by atoms with Gasteiger partial charge in [0.15, 0.2) is 0 Å². The lowest BCUT2D eigenvalue weighted by molar-refractivity contribution is -0.165. The standard InChI is InChI=1S/C15H27NO6/c1-6-20-11(17)9-8-10-16-12(13(18)21-7-2)14(19)22-15(3,4)5/h12,16H,6-10H2,1-5H3. The van der Waals surface area contributed by atoms with Gasteiger partial charge in [-0.1, -0.05) is 0 Å². The normalized spacial score (nSPS) is 12.4. The zero-order chi connectivity index (χ0) is 17.2. The molecule has 0 aromatic rings. The van der Waals surface area contributed by atoms with E-state index in [0.717, 1.165) is 0 Å². The second kappa shape index (κ2) is 10.2. The Labute approximate surface area is 131 Å². The van der Waals surface area contributed by atoms with Crippen molar-refractivity contribution in [2.24, 2.45) is 0 Å². The van der Waals surface area contributed by atoms with Gasteiger partial charge in [-0.2, -0.15) is 0 Å². The van der Waals surface area contributed by atoms with Gasteiger partial charge in [0.05, 0.1) is 13.2 Å². The smallest absolute Gasteiger partial charge is 0.335 e. The largest absolute Gasteiger partial charge is 0.466 e. The third kappa shape index (κ3) is 9.33. The van der Waals surface area contributed by atoms with Crippen LogP contribution in [0, 0.1) is 0 Å². The number of carbonyl (C=O) groups is 3. The highest BCUT2D eigenvalue weighted by Gasteiger charge is 2.31. The van der Waals surface area contributed by atoms with Crippen LogP contribution in [0.5, 0.6) is 0 Å². The summed E-state index contributed by atoms with van der Waals surface area (Å²) < 4.78 is 14.9. The van der Waals surface area contributed by atoms with Crippen LogP contribution in [-0.4, -0.2) is 49.3 Å². The maximum atomic E-state index is 12.0. The maximum absolute atomic E-state index is 12.0. The Kier molecular flexibility index (Phi) is 9.40. The molecule has 1 atom stereocenters. The lowest BCUT2D eigenvalue weighted by Gasteiger charge is -2.23. The topological polar surface area (TPSA) is 90.9 Å². The first-order valence-electron chi connectivity index (χ1n) is 7.49. The van der Waals surface area contributed by atoms with Crippen LogP contribution in [0.15, 0.2) is 0 Å². The molecule has 0 heterocycles. The van der Waals surface area contributed by atoms with Crippen LogP contribution in [0.4, 0.5) is 0 Å². The Morgan fingerprint density at radius 3 is 2.09 bits per heavy atom. The number of nitrogens with one attached hydrogen (secondary N) is 1. The third-order valence-electron chi connectivity index (χ3n) is 2.38. The van der Waals surface area contributed by atoms with Crippen molar-refractivity contribution in [3.8, 4) is 0 Å². The molecule has 1 N–H and O–H groups in total. The van der Waals surface area contributed by atoms with Gasteiger partial charge in [-0.05, 0) is 47.6 Å². The van der Waals surface area contributed by atoms with Crippen molar-refractivity contribution >= 4 is 17.9 Å². The van der Waals surface area contributed by atoms with Crippen molar-refractivity contribution in [3.05, 3.63) is 0 Å². The number of rotatable bonds is 9. The SMILES string of the molecule is CCOC(=O)CCCNC(C(=O)OCC)C(=O)OC(C)(C)C. The molecule has 0 saturated carbocycles. The second-order valence-electron chi connectivity index (χ2n) is 5.58. The number of hydrogen-bond donors (Lipinski definition) is 1. The highest BCUT2D eigenvalue weighted by Crippen LogP contribution is 2.09. The van der Waals surface area contributed by atoms with E-state index in [-0.39, 0.29) is 19.0 Å². The molecule has 0 spiro atoms. The Morgan fingerprint density at radius 1 is 1.00 bits per heavy atom. The highest BCUT2D eigenvalue weighted by molar-refractivity contribution is 5.99. The molecule has 7 nitrogen and oxygen atoms in total. The number of hydrogen-bond acceptors (Lipinski definition) is 7. The highest BCUT2D eigenvalue weighted by atomic mass is 16.6. The summed E-state index contributed by atoms with van der Waals surface area (Å²) in [6.07, 6.45) is 0.655. The Balaban J connectivity index is 4.45. The summed E-state index contributed by atoms with van der Waals surface area (Å²) in [6, 6.07) is -1.19. The average molecular weight is 317 g/mol. The van der Waals surface area contributed by atoms with Crippen molar-refractivity contribution in [2.75, 3.05) is 19.8 Å². The minimum atomic E-state index is -1.19. The molecular weight excluding hydrogens is 290 g/mol. The predicted octanol–water partition coefficient (Wildman–Crippen LogP) is 1.19. The minimum absolute atomic E-state index is 0.169. The molecule has 0 bridgehead atoms. The first-order valence-corrected chi connectivity index (χ1v) is 7.49. The van der Waals surface area contributed by atoms with E-state index in [9.17, 15) is 14.4 Å². The Bertz CT molecular complexity index is 375. The van der Waals surface area contributed by atoms with E-state index in [2.05, 4.69) is 5.32 Å². The summed E-state index contributed by atoms with van der Waals surface area (Å²) >= 11 is 0. The number of ether oxygens (including phenoxy) is 3. The summed E-state index contributed by atoms with van der Waals surface area (Å²) in [4.78, 5) is 35.1. The van der Waals surface area contributed by atoms with E-state index < -0.39 is 23.6 Å². The molecule has 0 rings (SSSR count). The zero-order valence-corrected chi connectivity index (χ0v) is 14.1. The van der Waals surface area contributed by atoms with E-state index in [1.165, 1.54) is 0 Å². The van der Waals surface area contributed by atoms with Crippen LogP contribution in [0.3, 0.4) is 0 Å². The summed E-state index contributed by atoms with van der Waals surface area (Å²) in [5.74, 6) is -1.69. The summed E-state index contributed by atoms with van der Waals surface area (Å²) in [5.41, 5.74) is -0.700. The fourth-order valence-corrected chi connectivity index (χ4v) is 1.56. The monoisotopic (exact) mass is 317 g/mol. The molecular formula is C15H27NO6. The van der Waals surface area contributed by atoms with Crippen LogP contribution in [-0.2, 0) is 28.6 Å². The quantitative estimate of drug-likeness (QED) is 0.295. The molecule has 0 radical (unpaired) electrons. The Morgan fingerprint density at radius 2 is 1.59 bits per heavy atom. The van der Waals surface area contributed by atoms with Gasteiger partial charge in [0.2, 0.25) is 6.04 Å². The molecule has 7 heteroatoms. The van der Waals surface area contributed by atoms with Gasteiger partial charge in [0.1, 0.15) is 5.60 Å². The van der Waals surface area contributed by atoms with E-state index in [4.69, 9.17) is 14.2 Å². The summed E-state index contributed by atoms with van der Waals surface area (Å²) in [6.45, 7) is 9.33. The molecule has 128 valence electrons. The third-order valence-corrected chi connectivity index (χ3v) is 2.38. The van der Waals surface area contributed by atoms with Crippen molar-refractivity contribution in [3.63, 3.8) is 0 Å². The van der Waals surface area contributed by atoms with E-state index in [1.807, 2.05) is 0 Å². The maximum Gasteiger partial charge on any atom is 0.335 e. The Hall–Kier alpha value is -1.63. The molecule has 0 aromatic carbocycles. The van der Waals surface area contributed by atoms with Crippen LogP contribution >= 0.6 is 0 Å². The lowest BCUT2D eigenvalue weighted by Crippen LogP contribution is -2.47.